The van der Waals surface area contributed by atoms with Gasteiger partial charge in [0.05, 0.1) is 12.6 Å². The van der Waals surface area contributed by atoms with Crippen LogP contribution in [0, 0.1) is 0 Å². The first kappa shape index (κ1) is 15.9. The maximum atomic E-state index is 12.0. The van der Waals surface area contributed by atoms with E-state index in [2.05, 4.69) is 14.8 Å². The van der Waals surface area contributed by atoms with Crippen LogP contribution in [-0.2, 0) is 0 Å². The minimum Gasteiger partial charge on any atom is -0.406 e. The van der Waals surface area contributed by atoms with Crippen LogP contribution in [-0.4, -0.2) is 29.2 Å². The van der Waals surface area contributed by atoms with E-state index in [0.717, 1.165) is 18.2 Å². The SMILES string of the molecule is [N-]=[N+]=NCC(O)C(O)c1ccc(OC(F)(F)F)cc1N. The molecular weight excluding hydrogens is 281 g/mol. The minimum atomic E-state index is -4.85. The Morgan fingerprint density at radius 1 is 1.40 bits per heavy atom. The molecule has 10 heteroatoms. The Balaban J connectivity index is 2.89. The lowest BCUT2D eigenvalue weighted by molar-refractivity contribution is -0.274. The Morgan fingerprint density at radius 3 is 2.55 bits per heavy atom. The maximum Gasteiger partial charge on any atom is 0.573 e. The van der Waals surface area contributed by atoms with E-state index in [1.54, 1.807) is 0 Å². The van der Waals surface area contributed by atoms with E-state index < -0.39 is 30.9 Å². The van der Waals surface area contributed by atoms with Gasteiger partial charge in [-0.3, -0.25) is 0 Å². The minimum absolute atomic E-state index is 0.000152. The molecule has 20 heavy (non-hydrogen) atoms. The third kappa shape index (κ3) is 4.50. The topological polar surface area (TPSA) is 124 Å². The number of rotatable bonds is 5. The lowest BCUT2D eigenvalue weighted by Gasteiger charge is -2.19. The highest BCUT2D eigenvalue weighted by atomic mass is 19.4. The van der Waals surface area contributed by atoms with Crippen molar-refractivity contribution in [3.05, 3.63) is 34.2 Å². The number of hydrogen-bond acceptors (Lipinski definition) is 5. The van der Waals surface area contributed by atoms with Gasteiger partial charge >= 0.3 is 6.36 Å². The molecule has 4 N–H and O–H groups in total. The second-order valence-corrected chi connectivity index (χ2v) is 3.76. The van der Waals surface area contributed by atoms with Gasteiger partial charge in [-0.2, -0.15) is 0 Å². The lowest BCUT2D eigenvalue weighted by Crippen LogP contribution is -2.22. The van der Waals surface area contributed by atoms with Crippen molar-refractivity contribution < 1.29 is 28.1 Å². The Kier molecular flexibility index (Phi) is 5.03. The van der Waals surface area contributed by atoms with E-state index in [1.165, 1.54) is 0 Å². The maximum absolute atomic E-state index is 12.0. The van der Waals surface area contributed by atoms with Gasteiger partial charge in [-0.1, -0.05) is 11.2 Å². The molecule has 7 nitrogen and oxygen atoms in total. The van der Waals surface area contributed by atoms with Gasteiger partial charge in [0, 0.05) is 22.2 Å². The van der Waals surface area contributed by atoms with Gasteiger partial charge in [0.2, 0.25) is 0 Å². The monoisotopic (exact) mass is 292 g/mol. The van der Waals surface area contributed by atoms with Crippen molar-refractivity contribution in [1.29, 1.82) is 0 Å². The Bertz CT molecular complexity index is 517. The van der Waals surface area contributed by atoms with E-state index in [9.17, 15) is 23.4 Å². The third-order valence-corrected chi connectivity index (χ3v) is 2.31. The molecule has 1 rings (SSSR count). The zero-order valence-electron chi connectivity index (χ0n) is 9.95. The summed E-state index contributed by atoms with van der Waals surface area (Å²) in [4.78, 5) is 2.41. The summed E-state index contributed by atoms with van der Waals surface area (Å²) in [6.45, 7) is -0.405. The van der Waals surface area contributed by atoms with Gasteiger partial charge in [-0.15, -0.1) is 13.2 Å². The van der Waals surface area contributed by atoms with Crippen molar-refractivity contribution in [3.8, 4) is 5.75 Å². The summed E-state index contributed by atoms with van der Waals surface area (Å²) in [7, 11) is 0. The van der Waals surface area contributed by atoms with Gasteiger partial charge in [-0.25, -0.2) is 0 Å². The molecule has 0 spiro atoms. The standard InChI is InChI=1S/C10H11F3N4O3/c11-10(12,13)20-5-1-2-6(7(14)3-5)9(19)8(18)4-16-17-15/h1-3,8-9,18-19H,4,14H2. The molecular formula is C10H11F3N4O3. The van der Waals surface area contributed by atoms with Gasteiger partial charge in [0.15, 0.2) is 0 Å². The zero-order valence-corrected chi connectivity index (χ0v) is 9.95. The van der Waals surface area contributed by atoms with Crippen molar-refractivity contribution in [2.75, 3.05) is 12.3 Å². The summed E-state index contributed by atoms with van der Waals surface area (Å²) in [5.74, 6) is -0.546. The normalized spacial score (nSPS) is 14.2. The molecule has 0 radical (unpaired) electrons. The summed E-state index contributed by atoms with van der Waals surface area (Å²) < 4.78 is 39.7. The number of aliphatic hydroxyl groups is 2. The second kappa shape index (κ2) is 6.33. The molecule has 0 bridgehead atoms. The van der Waals surface area contributed by atoms with E-state index >= 15 is 0 Å². The molecule has 0 aliphatic carbocycles. The summed E-state index contributed by atoms with van der Waals surface area (Å²) in [6, 6.07) is 2.90. The third-order valence-electron chi connectivity index (χ3n) is 2.31. The quantitative estimate of drug-likeness (QED) is 0.331. The van der Waals surface area contributed by atoms with Crippen LogP contribution in [0.4, 0.5) is 18.9 Å². The number of halogens is 3. The molecule has 110 valence electrons. The second-order valence-electron chi connectivity index (χ2n) is 3.76. The predicted molar refractivity (Wildman–Crippen MR) is 62.5 cm³/mol. The number of benzene rings is 1. The largest absolute Gasteiger partial charge is 0.573 e. The van der Waals surface area contributed by atoms with Crippen molar-refractivity contribution in [2.24, 2.45) is 5.11 Å². The van der Waals surface area contributed by atoms with E-state index in [1.807, 2.05) is 0 Å². The highest BCUT2D eigenvalue weighted by Crippen LogP contribution is 2.30. The number of ether oxygens (including phenoxy) is 1. The number of nitrogens with two attached hydrogens (primary N) is 1. The molecule has 1 aromatic carbocycles. The number of anilines is 1. The van der Waals surface area contributed by atoms with Crippen molar-refractivity contribution >= 4 is 5.69 Å². The predicted octanol–water partition coefficient (Wildman–Crippen LogP) is 1.87. The van der Waals surface area contributed by atoms with Crippen LogP contribution in [0.15, 0.2) is 23.3 Å². The Hall–Kier alpha value is -2.16. The molecule has 0 saturated carbocycles. The number of alkyl halides is 3. The molecule has 0 aliphatic heterocycles. The van der Waals surface area contributed by atoms with Crippen LogP contribution >= 0.6 is 0 Å². The van der Waals surface area contributed by atoms with E-state index in [-0.39, 0.29) is 11.3 Å². The molecule has 0 aliphatic rings. The van der Waals surface area contributed by atoms with E-state index in [4.69, 9.17) is 11.3 Å². The zero-order chi connectivity index (χ0) is 15.3. The molecule has 0 amide bonds. The molecule has 0 fully saturated rings. The Morgan fingerprint density at radius 2 is 2.05 bits per heavy atom. The fourth-order valence-corrected chi connectivity index (χ4v) is 1.45. The summed E-state index contributed by atoms with van der Waals surface area (Å²) in [5, 5.41) is 22.3. The molecule has 0 heterocycles. The first-order valence-corrected chi connectivity index (χ1v) is 5.26. The average Bonchev–Trinajstić information content (AvgIpc) is 2.33. The molecule has 1 aromatic rings. The number of aliphatic hydroxyl groups excluding tert-OH is 2. The molecule has 0 aromatic heterocycles. The van der Waals surface area contributed by atoms with E-state index in [0.29, 0.717) is 0 Å². The fraction of sp³-hybridized carbons (Fsp3) is 0.400. The van der Waals surface area contributed by atoms with Gasteiger partial charge in [0.1, 0.15) is 11.9 Å². The number of hydrogen-bond donors (Lipinski definition) is 3. The van der Waals surface area contributed by atoms with Crippen LogP contribution in [0.25, 0.3) is 10.4 Å². The summed E-state index contributed by atoms with van der Waals surface area (Å²) in [5.41, 5.74) is 13.4. The van der Waals surface area contributed by atoms with Crippen LogP contribution in [0.2, 0.25) is 0 Å². The van der Waals surface area contributed by atoms with Crippen LogP contribution in [0.1, 0.15) is 11.7 Å². The summed E-state index contributed by atoms with van der Waals surface area (Å²) >= 11 is 0. The Labute approximate surface area is 111 Å². The van der Waals surface area contributed by atoms with Gasteiger partial charge < -0.3 is 20.7 Å². The molecule has 2 unspecified atom stereocenters. The summed E-state index contributed by atoms with van der Waals surface area (Å²) in [6.07, 6.45) is -7.78. The lowest BCUT2D eigenvalue weighted by atomic mass is 10.0. The fourth-order valence-electron chi connectivity index (χ4n) is 1.45. The van der Waals surface area contributed by atoms with Crippen molar-refractivity contribution in [3.63, 3.8) is 0 Å². The van der Waals surface area contributed by atoms with Crippen LogP contribution < -0.4 is 10.5 Å². The highest BCUT2D eigenvalue weighted by Gasteiger charge is 2.31. The molecule has 2 atom stereocenters. The van der Waals surface area contributed by atoms with Crippen LogP contribution in [0.5, 0.6) is 5.75 Å². The van der Waals surface area contributed by atoms with Gasteiger partial charge in [-0.05, 0) is 11.6 Å². The number of azide groups is 1. The molecule has 0 saturated heterocycles. The number of nitrogen functional groups attached to an aromatic ring is 1. The van der Waals surface area contributed by atoms with Gasteiger partial charge in [0.25, 0.3) is 0 Å². The van der Waals surface area contributed by atoms with Crippen molar-refractivity contribution in [2.45, 2.75) is 18.6 Å². The average molecular weight is 292 g/mol. The highest BCUT2D eigenvalue weighted by molar-refractivity contribution is 5.52. The first-order valence-electron chi connectivity index (χ1n) is 5.26. The first-order chi connectivity index (χ1) is 9.24. The number of nitrogens with zero attached hydrogens (tertiary/aromatic N) is 3. The van der Waals surface area contributed by atoms with Crippen molar-refractivity contribution in [1.82, 2.24) is 0 Å². The van der Waals surface area contributed by atoms with Crippen LogP contribution in [0.3, 0.4) is 0 Å². The smallest absolute Gasteiger partial charge is 0.406 e.